The van der Waals surface area contributed by atoms with Crippen molar-refractivity contribution in [1.82, 2.24) is 19.5 Å². The van der Waals surface area contributed by atoms with Gasteiger partial charge in [-0.25, -0.2) is 22.8 Å². The Morgan fingerprint density at radius 3 is 2.85 bits per heavy atom. The van der Waals surface area contributed by atoms with Gasteiger partial charge in [-0.05, 0) is 35.7 Å². The molecule has 0 radical (unpaired) electrons. The minimum absolute atomic E-state index is 0.255. The highest BCUT2D eigenvalue weighted by atomic mass is 32.2. The Morgan fingerprint density at radius 1 is 1.23 bits per heavy atom. The van der Waals surface area contributed by atoms with Crippen molar-refractivity contribution < 1.29 is 13.2 Å². The van der Waals surface area contributed by atoms with E-state index in [0.29, 0.717) is 24.7 Å². The van der Waals surface area contributed by atoms with E-state index in [1.165, 1.54) is 0 Å². The largest absolute Gasteiger partial charge is 0.377 e. The van der Waals surface area contributed by atoms with Gasteiger partial charge in [0, 0.05) is 13.7 Å². The van der Waals surface area contributed by atoms with Crippen LogP contribution in [0.1, 0.15) is 30.5 Å². The van der Waals surface area contributed by atoms with Crippen molar-refractivity contribution in [1.29, 1.82) is 0 Å². The number of nitrogens with one attached hydrogen (secondary N) is 1. The van der Waals surface area contributed by atoms with Gasteiger partial charge in [-0.1, -0.05) is 30.3 Å². The van der Waals surface area contributed by atoms with Crippen LogP contribution in [0, 0.1) is 0 Å². The lowest BCUT2D eigenvalue weighted by Crippen LogP contribution is -2.33. The van der Waals surface area contributed by atoms with Crippen LogP contribution < -0.4 is 4.72 Å². The molecular formula is C18H20N4O3S. The first-order valence-corrected chi connectivity index (χ1v) is 9.99. The smallest absolute Gasteiger partial charge is 0.241 e. The van der Waals surface area contributed by atoms with Crippen molar-refractivity contribution in [3.8, 4) is 0 Å². The van der Waals surface area contributed by atoms with E-state index in [4.69, 9.17) is 4.74 Å². The number of methoxy groups -OCH3 is 1. The molecule has 4 rings (SSSR count). The van der Waals surface area contributed by atoms with Gasteiger partial charge in [-0.2, -0.15) is 5.10 Å². The third-order valence-electron chi connectivity index (χ3n) is 4.52. The van der Waals surface area contributed by atoms with Gasteiger partial charge in [0.25, 0.3) is 0 Å². The summed E-state index contributed by atoms with van der Waals surface area (Å²) in [6.07, 6.45) is 1.53. The van der Waals surface area contributed by atoms with Crippen molar-refractivity contribution in [2.24, 2.45) is 0 Å². The van der Waals surface area contributed by atoms with Gasteiger partial charge < -0.3 is 4.74 Å². The van der Waals surface area contributed by atoms with Gasteiger partial charge in [0.15, 0.2) is 5.82 Å². The van der Waals surface area contributed by atoms with Crippen LogP contribution in [0.25, 0.3) is 10.8 Å². The summed E-state index contributed by atoms with van der Waals surface area (Å²) >= 11 is 0. The number of nitrogens with zero attached hydrogens (tertiary/aromatic N) is 3. The van der Waals surface area contributed by atoms with Crippen molar-refractivity contribution in [2.75, 3.05) is 7.11 Å². The summed E-state index contributed by atoms with van der Waals surface area (Å²) in [5.41, 5.74) is 0. The van der Waals surface area contributed by atoms with E-state index in [1.807, 2.05) is 30.3 Å². The Hall–Kier alpha value is -2.29. The van der Waals surface area contributed by atoms with E-state index in [1.54, 1.807) is 23.9 Å². The molecule has 0 unspecified atom stereocenters. The number of fused-ring (bicyclic) bond motifs is 2. The zero-order valence-electron chi connectivity index (χ0n) is 14.4. The normalized spacial score (nSPS) is 17.3. The lowest BCUT2D eigenvalue weighted by atomic mass is 10.1. The molecule has 3 aromatic rings. The first kappa shape index (κ1) is 17.1. The third kappa shape index (κ3) is 3.23. The fourth-order valence-corrected chi connectivity index (χ4v) is 4.55. The maximum atomic E-state index is 12.9. The molecule has 1 atom stereocenters. The van der Waals surface area contributed by atoms with Crippen molar-refractivity contribution in [3.05, 3.63) is 54.1 Å². The molecule has 0 aliphatic carbocycles. The number of hydrogen-bond acceptors (Lipinski definition) is 5. The van der Waals surface area contributed by atoms with Crippen molar-refractivity contribution in [2.45, 2.75) is 36.9 Å². The lowest BCUT2D eigenvalue weighted by molar-refractivity contribution is 0.177. The number of aryl methyl sites for hydroxylation is 1. The first-order chi connectivity index (χ1) is 12.6. The highest BCUT2D eigenvalue weighted by Crippen LogP contribution is 2.26. The zero-order chi connectivity index (χ0) is 18.1. The highest BCUT2D eigenvalue weighted by molar-refractivity contribution is 7.89. The Bertz CT molecular complexity index is 1050. The molecule has 2 aromatic carbocycles. The van der Waals surface area contributed by atoms with E-state index in [9.17, 15) is 8.42 Å². The van der Waals surface area contributed by atoms with Crippen LogP contribution in [-0.2, 0) is 27.9 Å². The molecule has 0 spiro atoms. The molecule has 1 aliphatic rings. The van der Waals surface area contributed by atoms with Gasteiger partial charge in [0.2, 0.25) is 10.0 Å². The predicted octanol–water partition coefficient (Wildman–Crippen LogP) is 2.39. The Labute approximate surface area is 152 Å². The zero-order valence-corrected chi connectivity index (χ0v) is 15.2. The standard InChI is InChI=1S/C18H20N4O3S/c1-25-12-17-19-18-16(7-4-10-22(18)20-17)21-26(23,24)15-9-8-13-5-2-3-6-14(13)11-15/h2-3,5-6,8-9,11,16,21H,4,7,10,12H2,1H3/t16-/m0/s1. The first-order valence-electron chi connectivity index (χ1n) is 8.50. The number of ether oxygens (including phenoxy) is 1. The maximum Gasteiger partial charge on any atom is 0.241 e. The van der Waals surface area contributed by atoms with Gasteiger partial charge in [0.1, 0.15) is 12.4 Å². The number of aromatic nitrogens is 3. The number of benzene rings is 2. The van der Waals surface area contributed by atoms with Crippen LogP contribution in [0.4, 0.5) is 0 Å². The molecule has 136 valence electrons. The summed E-state index contributed by atoms with van der Waals surface area (Å²) in [6, 6.07) is 12.5. The molecule has 0 saturated heterocycles. The number of rotatable bonds is 5. The van der Waals surface area contributed by atoms with E-state index >= 15 is 0 Å². The minimum atomic E-state index is -3.66. The second-order valence-electron chi connectivity index (χ2n) is 6.37. The van der Waals surface area contributed by atoms with Crippen molar-refractivity contribution in [3.63, 3.8) is 0 Å². The summed E-state index contributed by atoms with van der Waals surface area (Å²) in [4.78, 5) is 4.70. The topological polar surface area (TPSA) is 86.1 Å². The van der Waals surface area contributed by atoms with Crippen LogP contribution in [0.3, 0.4) is 0 Å². The van der Waals surface area contributed by atoms with Gasteiger partial charge in [0.05, 0.1) is 10.9 Å². The van der Waals surface area contributed by atoms with E-state index in [-0.39, 0.29) is 4.90 Å². The van der Waals surface area contributed by atoms with Crippen LogP contribution in [-0.4, -0.2) is 30.3 Å². The molecule has 1 N–H and O–H groups in total. The second kappa shape index (κ2) is 6.79. The van der Waals surface area contributed by atoms with Crippen LogP contribution >= 0.6 is 0 Å². The quantitative estimate of drug-likeness (QED) is 0.743. The SMILES string of the molecule is COCc1nc2n(n1)CCC[C@@H]2NS(=O)(=O)c1ccc2ccccc2c1. The molecule has 0 saturated carbocycles. The summed E-state index contributed by atoms with van der Waals surface area (Å²) in [6.45, 7) is 1.05. The summed E-state index contributed by atoms with van der Waals surface area (Å²) in [5.74, 6) is 1.21. The van der Waals surface area contributed by atoms with E-state index < -0.39 is 16.1 Å². The summed E-state index contributed by atoms with van der Waals surface area (Å²) in [7, 11) is -2.08. The van der Waals surface area contributed by atoms with Crippen LogP contribution in [0.2, 0.25) is 0 Å². The maximum absolute atomic E-state index is 12.9. The average Bonchev–Trinajstić information content (AvgIpc) is 3.05. The predicted molar refractivity (Wildman–Crippen MR) is 97.0 cm³/mol. The average molecular weight is 372 g/mol. The van der Waals surface area contributed by atoms with Crippen LogP contribution in [0.5, 0.6) is 0 Å². The molecule has 26 heavy (non-hydrogen) atoms. The molecule has 7 nitrogen and oxygen atoms in total. The van der Waals surface area contributed by atoms with Gasteiger partial charge in [-0.15, -0.1) is 0 Å². The molecule has 0 fully saturated rings. The molecule has 0 amide bonds. The fraction of sp³-hybridized carbons (Fsp3) is 0.333. The molecule has 2 heterocycles. The summed E-state index contributed by atoms with van der Waals surface area (Å²) in [5, 5.41) is 6.28. The molecule has 8 heteroatoms. The molecule has 1 aromatic heterocycles. The number of sulfonamides is 1. The molecule has 0 bridgehead atoms. The van der Waals surface area contributed by atoms with Gasteiger partial charge in [-0.3, -0.25) is 0 Å². The fourth-order valence-electron chi connectivity index (χ4n) is 3.29. The Morgan fingerprint density at radius 2 is 2.04 bits per heavy atom. The monoisotopic (exact) mass is 372 g/mol. The van der Waals surface area contributed by atoms with Gasteiger partial charge >= 0.3 is 0 Å². The molecular weight excluding hydrogens is 352 g/mol. The third-order valence-corrected chi connectivity index (χ3v) is 5.99. The lowest BCUT2D eigenvalue weighted by Gasteiger charge is -2.23. The Kier molecular flexibility index (Phi) is 4.47. The second-order valence-corrected chi connectivity index (χ2v) is 8.08. The molecule has 1 aliphatic heterocycles. The Balaban J connectivity index is 1.63. The minimum Gasteiger partial charge on any atom is -0.377 e. The number of hydrogen-bond donors (Lipinski definition) is 1. The van der Waals surface area contributed by atoms with E-state index in [2.05, 4.69) is 14.8 Å². The highest BCUT2D eigenvalue weighted by Gasteiger charge is 2.29. The van der Waals surface area contributed by atoms with Crippen molar-refractivity contribution >= 4 is 20.8 Å². The summed E-state index contributed by atoms with van der Waals surface area (Å²) < 4.78 is 35.4. The van der Waals surface area contributed by atoms with Crippen LogP contribution in [0.15, 0.2) is 47.4 Å². The van der Waals surface area contributed by atoms with E-state index in [0.717, 1.165) is 23.7 Å².